The van der Waals surface area contributed by atoms with Gasteiger partial charge in [-0.25, -0.2) is 0 Å². The van der Waals surface area contributed by atoms with Gasteiger partial charge in [-0.15, -0.1) is 0 Å². The maximum atomic E-state index is 12.0. The molecule has 1 aliphatic rings. The standard InChI is InChI=1S/C13H18N2O2/c1-15(10-3-2-4-11(16)8-10)13(17)12(14)7-9-5-6-9/h2-4,8-9,12,16H,5-7,14H2,1H3. The quantitative estimate of drug-likeness (QED) is 0.829. The van der Waals surface area contributed by atoms with Gasteiger partial charge in [0.2, 0.25) is 5.91 Å². The zero-order valence-corrected chi connectivity index (χ0v) is 9.97. The van der Waals surface area contributed by atoms with Gasteiger partial charge in [-0.05, 0) is 24.5 Å². The molecule has 1 atom stereocenters. The van der Waals surface area contributed by atoms with Crippen molar-refractivity contribution in [1.82, 2.24) is 0 Å². The Morgan fingerprint density at radius 1 is 1.59 bits per heavy atom. The molecule has 1 saturated carbocycles. The number of hydrogen-bond donors (Lipinski definition) is 2. The monoisotopic (exact) mass is 234 g/mol. The summed E-state index contributed by atoms with van der Waals surface area (Å²) in [5.74, 6) is 0.687. The lowest BCUT2D eigenvalue weighted by atomic mass is 10.1. The average Bonchev–Trinajstić information content (AvgIpc) is 3.11. The van der Waals surface area contributed by atoms with Crippen molar-refractivity contribution in [3.63, 3.8) is 0 Å². The van der Waals surface area contributed by atoms with Gasteiger partial charge in [0.1, 0.15) is 5.75 Å². The van der Waals surface area contributed by atoms with E-state index >= 15 is 0 Å². The van der Waals surface area contributed by atoms with Gasteiger partial charge in [-0.3, -0.25) is 4.79 Å². The van der Waals surface area contributed by atoms with Crippen molar-refractivity contribution in [3.05, 3.63) is 24.3 Å². The van der Waals surface area contributed by atoms with E-state index in [0.717, 1.165) is 6.42 Å². The number of hydrogen-bond acceptors (Lipinski definition) is 3. The van der Waals surface area contributed by atoms with Gasteiger partial charge in [-0.1, -0.05) is 18.9 Å². The van der Waals surface area contributed by atoms with Crippen molar-refractivity contribution < 1.29 is 9.90 Å². The number of rotatable bonds is 4. The third kappa shape index (κ3) is 2.97. The third-order valence-electron chi connectivity index (χ3n) is 3.15. The largest absolute Gasteiger partial charge is 0.508 e. The number of anilines is 1. The minimum absolute atomic E-state index is 0.0949. The summed E-state index contributed by atoms with van der Waals surface area (Å²) in [4.78, 5) is 13.5. The van der Waals surface area contributed by atoms with Crippen molar-refractivity contribution in [2.45, 2.75) is 25.3 Å². The predicted molar refractivity (Wildman–Crippen MR) is 66.8 cm³/mol. The van der Waals surface area contributed by atoms with Crippen LogP contribution in [0.25, 0.3) is 0 Å². The van der Waals surface area contributed by atoms with Crippen LogP contribution in [0.1, 0.15) is 19.3 Å². The first-order valence-electron chi connectivity index (χ1n) is 5.90. The molecule has 2 rings (SSSR count). The smallest absolute Gasteiger partial charge is 0.243 e. The number of phenolic OH excluding ortho intramolecular Hbond substituents is 1. The molecular weight excluding hydrogens is 216 g/mol. The normalized spacial score (nSPS) is 16.6. The Kier molecular flexibility index (Phi) is 3.33. The van der Waals surface area contributed by atoms with Crippen LogP contribution in [0.2, 0.25) is 0 Å². The van der Waals surface area contributed by atoms with E-state index in [2.05, 4.69) is 0 Å². The van der Waals surface area contributed by atoms with Gasteiger partial charge >= 0.3 is 0 Å². The number of nitrogens with two attached hydrogens (primary N) is 1. The molecule has 0 heterocycles. The summed E-state index contributed by atoms with van der Waals surface area (Å²) in [6, 6.07) is 6.19. The van der Waals surface area contributed by atoms with Crippen LogP contribution >= 0.6 is 0 Å². The van der Waals surface area contributed by atoms with Gasteiger partial charge < -0.3 is 15.7 Å². The Balaban J connectivity index is 2.02. The molecule has 0 radical (unpaired) electrons. The van der Waals surface area contributed by atoms with E-state index in [4.69, 9.17) is 5.73 Å². The van der Waals surface area contributed by atoms with Gasteiger partial charge in [0.05, 0.1) is 6.04 Å². The van der Waals surface area contributed by atoms with E-state index in [9.17, 15) is 9.90 Å². The summed E-state index contributed by atoms with van der Waals surface area (Å²) in [5.41, 5.74) is 6.55. The fourth-order valence-electron chi connectivity index (χ4n) is 1.89. The molecule has 0 saturated heterocycles. The van der Waals surface area contributed by atoms with Gasteiger partial charge in [0.15, 0.2) is 0 Å². The van der Waals surface area contributed by atoms with Gasteiger partial charge in [0, 0.05) is 18.8 Å². The van der Waals surface area contributed by atoms with Crippen molar-refractivity contribution in [2.75, 3.05) is 11.9 Å². The van der Waals surface area contributed by atoms with E-state index in [1.165, 1.54) is 17.7 Å². The van der Waals surface area contributed by atoms with E-state index < -0.39 is 6.04 Å². The summed E-state index contributed by atoms with van der Waals surface area (Å²) < 4.78 is 0. The minimum atomic E-state index is -0.435. The van der Waals surface area contributed by atoms with Crippen molar-refractivity contribution in [3.8, 4) is 5.75 Å². The Morgan fingerprint density at radius 2 is 2.29 bits per heavy atom. The van der Waals surface area contributed by atoms with Crippen LogP contribution in [0.4, 0.5) is 5.69 Å². The topological polar surface area (TPSA) is 66.6 Å². The molecule has 1 unspecified atom stereocenters. The predicted octanol–water partition coefficient (Wildman–Crippen LogP) is 1.48. The summed E-state index contributed by atoms with van der Waals surface area (Å²) in [6.07, 6.45) is 3.15. The second-order valence-corrected chi connectivity index (χ2v) is 4.70. The molecule has 1 amide bonds. The van der Waals surface area contributed by atoms with E-state index in [0.29, 0.717) is 11.6 Å². The van der Waals surface area contributed by atoms with Crippen LogP contribution in [-0.2, 0) is 4.79 Å². The number of carbonyl (C=O) groups is 1. The number of amides is 1. The molecule has 17 heavy (non-hydrogen) atoms. The number of carbonyl (C=O) groups excluding carboxylic acids is 1. The van der Waals surface area contributed by atoms with E-state index in [-0.39, 0.29) is 11.7 Å². The van der Waals surface area contributed by atoms with Crippen LogP contribution in [0.15, 0.2) is 24.3 Å². The zero-order chi connectivity index (χ0) is 12.4. The first kappa shape index (κ1) is 11.9. The molecule has 0 spiro atoms. The van der Waals surface area contributed by atoms with E-state index in [1.54, 1.807) is 31.3 Å². The SMILES string of the molecule is CN(C(=O)C(N)CC1CC1)c1cccc(O)c1. The average molecular weight is 234 g/mol. The van der Waals surface area contributed by atoms with Crippen LogP contribution in [0.5, 0.6) is 5.75 Å². The molecule has 0 bridgehead atoms. The minimum Gasteiger partial charge on any atom is -0.508 e. The second kappa shape index (κ2) is 4.75. The molecule has 4 heteroatoms. The van der Waals surface area contributed by atoms with Gasteiger partial charge in [0.25, 0.3) is 0 Å². The number of likely N-dealkylation sites (N-methyl/N-ethyl adjacent to an activating group) is 1. The molecule has 1 fully saturated rings. The number of nitrogens with zero attached hydrogens (tertiary/aromatic N) is 1. The maximum Gasteiger partial charge on any atom is 0.243 e. The fourth-order valence-corrected chi connectivity index (χ4v) is 1.89. The molecule has 4 nitrogen and oxygen atoms in total. The molecule has 1 aromatic carbocycles. The Bertz CT molecular complexity index is 416. The van der Waals surface area contributed by atoms with E-state index in [1.807, 2.05) is 0 Å². The molecule has 3 N–H and O–H groups in total. The third-order valence-corrected chi connectivity index (χ3v) is 3.15. The highest BCUT2D eigenvalue weighted by atomic mass is 16.3. The second-order valence-electron chi connectivity index (χ2n) is 4.70. The molecular formula is C13H18N2O2. The summed E-state index contributed by atoms with van der Waals surface area (Å²) in [6.45, 7) is 0. The van der Waals surface area contributed by atoms with Gasteiger partial charge in [-0.2, -0.15) is 0 Å². The first-order chi connectivity index (χ1) is 8.08. The van der Waals surface area contributed by atoms with Crippen molar-refractivity contribution in [2.24, 2.45) is 11.7 Å². The molecule has 0 aromatic heterocycles. The molecule has 1 aliphatic carbocycles. The molecule has 1 aromatic rings. The summed E-state index contributed by atoms with van der Waals surface area (Å²) in [7, 11) is 1.68. The van der Waals surface area contributed by atoms with Crippen molar-refractivity contribution >= 4 is 11.6 Å². The molecule has 92 valence electrons. The number of aromatic hydroxyl groups is 1. The van der Waals surface area contributed by atoms with Crippen LogP contribution < -0.4 is 10.6 Å². The number of phenols is 1. The lowest BCUT2D eigenvalue weighted by molar-refractivity contribution is -0.119. The Hall–Kier alpha value is -1.55. The molecule has 0 aliphatic heterocycles. The lowest BCUT2D eigenvalue weighted by Gasteiger charge is -2.21. The zero-order valence-electron chi connectivity index (χ0n) is 9.97. The number of benzene rings is 1. The van der Waals surface area contributed by atoms with Crippen LogP contribution in [0.3, 0.4) is 0 Å². The fraction of sp³-hybridized carbons (Fsp3) is 0.462. The summed E-state index contributed by atoms with van der Waals surface area (Å²) in [5, 5.41) is 9.37. The van der Waals surface area contributed by atoms with Crippen molar-refractivity contribution in [1.29, 1.82) is 0 Å². The highest BCUT2D eigenvalue weighted by molar-refractivity contribution is 5.96. The highest BCUT2D eigenvalue weighted by Gasteiger charge is 2.28. The summed E-state index contributed by atoms with van der Waals surface area (Å²) >= 11 is 0. The van der Waals surface area contributed by atoms with Crippen LogP contribution in [-0.4, -0.2) is 24.1 Å². The Labute approximate surface area is 101 Å². The highest BCUT2D eigenvalue weighted by Crippen LogP contribution is 2.33. The Morgan fingerprint density at radius 3 is 2.88 bits per heavy atom. The first-order valence-corrected chi connectivity index (χ1v) is 5.90. The van der Waals surface area contributed by atoms with Crippen LogP contribution in [0, 0.1) is 5.92 Å². The maximum absolute atomic E-state index is 12.0. The lowest BCUT2D eigenvalue weighted by Crippen LogP contribution is -2.42.